The van der Waals surface area contributed by atoms with Crippen LogP contribution < -0.4 is 5.32 Å². The molecule has 5 heteroatoms. The molecule has 0 bridgehead atoms. The summed E-state index contributed by atoms with van der Waals surface area (Å²) in [4.78, 5) is 13.9. The van der Waals surface area contributed by atoms with E-state index in [0.717, 1.165) is 16.6 Å². The molecule has 21 heavy (non-hydrogen) atoms. The van der Waals surface area contributed by atoms with Gasteiger partial charge in [0.1, 0.15) is 0 Å². The Labute approximate surface area is 121 Å². The first-order valence-corrected chi connectivity index (χ1v) is 6.72. The Morgan fingerprint density at radius 1 is 1.19 bits per heavy atom. The quantitative estimate of drug-likeness (QED) is 0.554. The van der Waals surface area contributed by atoms with E-state index in [9.17, 15) is 10.1 Å². The summed E-state index contributed by atoms with van der Waals surface area (Å²) in [5.74, 6) is 0. The first-order chi connectivity index (χ1) is 10.1. The SMILES string of the molecule is CC(Nc1ccc2[nH]ccc2c1)c1ccccc1[N+](=O)[O-]. The Morgan fingerprint density at radius 3 is 2.81 bits per heavy atom. The highest BCUT2D eigenvalue weighted by atomic mass is 16.6. The van der Waals surface area contributed by atoms with Gasteiger partial charge in [0.2, 0.25) is 0 Å². The summed E-state index contributed by atoms with van der Waals surface area (Å²) < 4.78 is 0. The second-order valence-corrected chi connectivity index (χ2v) is 4.96. The largest absolute Gasteiger partial charge is 0.378 e. The summed E-state index contributed by atoms with van der Waals surface area (Å²) in [6, 6.07) is 14.6. The summed E-state index contributed by atoms with van der Waals surface area (Å²) in [5.41, 5.74) is 2.82. The van der Waals surface area contributed by atoms with Gasteiger partial charge in [0, 0.05) is 28.9 Å². The molecule has 1 atom stereocenters. The number of fused-ring (bicyclic) bond motifs is 1. The maximum atomic E-state index is 11.1. The second-order valence-electron chi connectivity index (χ2n) is 4.96. The van der Waals surface area contributed by atoms with Gasteiger partial charge in [0.15, 0.2) is 0 Å². The van der Waals surface area contributed by atoms with E-state index >= 15 is 0 Å². The van der Waals surface area contributed by atoms with Gasteiger partial charge >= 0.3 is 0 Å². The molecule has 0 spiro atoms. The molecule has 0 aliphatic carbocycles. The van der Waals surface area contributed by atoms with Crippen LogP contribution in [0.2, 0.25) is 0 Å². The zero-order chi connectivity index (χ0) is 14.8. The molecule has 0 amide bonds. The fourth-order valence-electron chi connectivity index (χ4n) is 2.49. The highest BCUT2D eigenvalue weighted by Crippen LogP contribution is 2.28. The van der Waals surface area contributed by atoms with Crippen molar-refractivity contribution in [1.82, 2.24) is 4.98 Å². The van der Waals surface area contributed by atoms with Gasteiger partial charge in [-0.25, -0.2) is 0 Å². The lowest BCUT2D eigenvalue weighted by Gasteiger charge is -2.15. The maximum Gasteiger partial charge on any atom is 0.274 e. The predicted octanol–water partition coefficient (Wildman–Crippen LogP) is 4.25. The van der Waals surface area contributed by atoms with Crippen LogP contribution in [0.3, 0.4) is 0 Å². The van der Waals surface area contributed by atoms with Crippen molar-refractivity contribution in [2.45, 2.75) is 13.0 Å². The molecular formula is C16H15N3O2. The third-order valence-corrected chi connectivity index (χ3v) is 3.54. The van der Waals surface area contributed by atoms with Crippen LogP contribution in [-0.2, 0) is 0 Å². The van der Waals surface area contributed by atoms with E-state index in [1.54, 1.807) is 12.1 Å². The van der Waals surface area contributed by atoms with Crippen molar-refractivity contribution in [3.8, 4) is 0 Å². The maximum absolute atomic E-state index is 11.1. The van der Waals surface area contributed by atoms with Crippen molar-refractivity contribution in [3.05, 3.63) is 70.4 Å². The van der Waals surface area contributed by atoms with E-state index < -0.39 is 0 Å². The number of hydrogen-bond acceptors (Lipinski definition) is 3. The van der Waals surface area contributed by atoms with Gasteiger partial charge in [-0.1, -0.05) is 18.2 Å². The number of hydrogen-bond donors (Lipinski definition) is 2. The molecule has 1 heterocycles. The summed E-state index contributed by atoms with van der Waals surface area (Å²) >= 11 is 0. The summed E-state index contributed by atoms with van der Waals surface area (Å²) in [5, 5.41) is 15.5. The van der Waals surface area contributed by atoms with Crippen LogP contribution >= 0.6 is 0 Å². The zero-order valence-electron chi connectivity index (χ0n) is 11.5. The van der Waals surface area contributed by atoms with Crippen LogP contribution in [0.5, 0.6) is 0 Å². The van der Waals surface area contributed by atoms with Gasteiger partial charge in [-0.2, -0.15) is 0 Å². The molecule has 0 aliphatic heterocycles. The normalized spacial score (nSPS) is 12.2. The Hall–Kier alpha value is -2.82. The van der Waals surface area contributed by atoms with Gasteiger partial charge in [0.25, 0.3) is 5.69 Å². The predicted molar refractivity (Wildman–Crippen MR) is 83.4 cm³/mol. The Balaban J connectivity index is 1.89. The summed E-state index contributed by atoms with van der Waals surface area (Å²) in [6.45, 7) is 1.92. The molecule has 1 unspecified atom stereocenters. The molecule has 3 rings (SSSR count). The van der Waals surface area contributed by atoms with Crippen molar-refractivity contribution in [2.24, 2.45) is 0 Å². The molecule has 0 saturated carbocycles. The van der Waals surface area contributed by atoms with E-state index in [0.29, 0.717) is 5.56 Å². The average molecular weight is 281 g/mol. The third kappa shape index (κ3) is 2.58. The number of H-pyrrole nitrogens is 1. The fraction of sp³-hybridized carbons (Fsp3) is 0.125. The molecule has 106 valence electrons. The topological polar surface area (TPSA) is 71.0 Å². The van der Waals surface area contributed by atoms with Crippen LogP contribution in [-0.4, -0.2) is 9.91 Å². The van der Waals surface area contributed by atoms with E-state index in [4.69, 9.17) is 0 Å². The molecule has 0 saturated heterocycles. The first-order valence-electron chi connectivity index (χ1n) is 6.72. The average Bonchev–Trinajstić information content (AvgIpc) is 2.94. The van der Waals surface area contributed by atoms with Crippen LogP contribution in [0.15, 0.2) is 54.7 Å². The lowest BCUT2D eigenvalue weighted by Crippen LogP contribution is -2.08. The highest BCUT2D eigenvalue weighted by molar-refractivity contribution is 5.83. The summed E-state index contributed by atoms with van der Waals surface area (Å²) in [6.07, 6.45) is 1.89. The molecule has 0 aliphatic rings. The van der Waals surface area contributed by atoms with Crippen LogP contribution in [0.25, 0.3) is 10.9 Å². The molecule has 2 N–H and O–H groups in total. The number of rotatable bonds is 4. The van der Waals surface area contributed by atoms with Crippen molar-refractivity contribution < 1.29 is 4.92 Å². The van der Waals surface area contributed by atoms with E-state index in [2.05, 4.69) is 10.3 Å². The second kappa shape index (κ2) is 5.28. The number of nitrogens with zero attached hydrogens (tertiary/aromatic N) is 1. The van der Waals surface area contributed by atoms with Gasteiger partial charge in [0.05, 0.1) is 16.5 Å². The lowest BCUT2D eigenvalue weighted by molar-refractivity contribution is -0.385. The van der Waals surface area contributed by atoms with Crippen molar-refractivity contribution >= 4 is 22.3 Å². The monoisotopic (exact) mass is 281 g/mol. The molecule has 3 aromatic rings. The number of para-hydroxylation sites is 1. The standard InChI is InChI=1S/C16H15N3O2/c1-11(14-4-2-3-5-16(14)19(20)21)18-13-6-7-15-12(10-13)8-9-17-15/h2-11,17-18H,1H3. The minimum absolute atomic E-state index is 0.139. The van der Waals surface area contributed by atoms with Gasteiger partial charge in [-0.15, -0.1) is 0 Å². The van der Waals surface area contributed by atoms with Gasteiger partial charge in [-0.05, 0) is 31.2 Å². The van der Waals surface area contributed by atoms with E-state index in [1.807, 2.05) is 43.5 Å². The number of nitrogens with one attached hydrogen (secondary N) is 2. The molecular weight excluding hydrogens is 266 g/mol. The summed E-state index contributed by atoms with van der Waals surface area (Å²) in [7, 11) is 0. The number of aromatic nitrogens is 1. The van der Waals surface area contributed by atoms with Gasteiger partial charge in [-0.3, -0.25) is 10.1 Å². The zero-order valence-corrected chi connectivity index (χ0v) is 11.5. The van der Waals surface area contributed by atoms with Crippen molar-refractivity contribution in [1.29, 1.82) is 0 Å². The van der Waals surface area contributed by atoms with Crippen molar-refractivity contribution in [3.63, 3.8) is 0 Å². The van der Waals surface area contributed by atoms with Crippen LogP contribution in [0.4, 0.5) is 11.4 Å². The van der Waals surface area contributed by atoms with E-state index in [-0.39, 0.29) is 16.7 Å². The first kappa shape index (κ1) is 13.2. The number of benzene rings is 2. The molecule has 5 nitrogen and oxygen atoms in total. The van der Waals surface area contributed by atoms with Gasteiger partial charge < -0.3 is 10.3 Å². The molecule has 0 radical (unpaired) electrons. The molecule has 0 fully saturated rings. The Bertz CT molecular complexity index is 795. The fourth-order valence-corrected chi connectivity index (χ4v) is 2.49. The Kier molecular flexibility index (Phi) is 3.31. The minimum Gasteiger partial charge on any atom is -0.378 e. The smallest absolute Gasteiger partial charge is 0.274 e. The van der Waals surface area contributed by atoms with E-state index in [1.165, 1.54) is 6.07 Å². The van der Waals surface area contributed by atoms with Crippen LogP contribution in [0.1, 0.15) is 18.5 Å². The number of nitro groups is 1. The van der Waals surface area contributed by atoms with Crippen molar-refractivity contribution in [2.75, 3.05) is 5.32 Å². The Morgan fingerprint density at radius 2 is 2.00 bits per heavy atom. The molecule has 1 aromatic heterocycles. The number of aromatic amines is 1. The molecule has 2 aromatic carbocycles. The van der Waals surface area contributed by atoms with Crippen LogP contribution in [0, 0.1) is 10.1 Å². The number of anilines is 1. The minimum atomic E-state index is -0.344. The third-order valence-electron chi connectivity index (χ3n) is 3.54. The lowest BCUT2D eigenvalue weighted by atomic mass is 10.1. The highest BCUT2D eigenvalue weighted by Gasteiger charge is 2.17. The number of nitro benzene ring substituents is 1.